The molecular formula is C14H21NO3S. The highest BCUT2D eigenvalue weighted by Crippen LogP contribution is 2.30. The van der Waals surface area contributed by atoms with Gasteiger partial charge in [0.1, 0.15) is 21.7 Å². The number of rotatable bonds is 6. The second kappa shape index (κ2) is 5.92. The Labute approximate surface area is 115 Å². The zero-order valence-corrected chi connectivity index (χ0v) is 12.2. The van der Waals surface area contributed by atoms with Crippen molar-refractivity contribution in [3.05, 3.63) is 29.8 Å². The van der Waals surface area contributed by atoms with Gasteiger partial charge in [-0.3, -0.25) is 0 Å². The van der Waals surface area contributed by atoms with E-state index in [0.29, 0.717) is 6.42 Å². The van der Waals surface area contributed by atoms with Crippen LogP contribution < -0.4 is 10.1 Å². The molecule has 0 saturated heterocycles. The van der Waals surface area contributed by atoms with Gasteiger partial charge in [-0.05, 0) is 31.5 Å². The summed E-state index contributed by atoms with van der Waals surface area (Å²) in [6.45, 7) is 0. The minimum atomic E-state index is -2.87. The third-order valence-electron chi connectivity index (χ3n) is 3.52. The van der Waals surface area contributed by atoms with Crippen molar-refractivity contribution in [1.82, 2.24) is 5.32 Å². The van der Waals surface area contributed by atoms with Crippen molar-refractivity contribution in [3.8, 4) is 5.75 Å². The minimum absolute atomic E-state index is 0.0990. The summed E-state index contributed by atoms with van der Waals surface area (Å²) in [4.78, 5) is 0. The van der Waals surface area contributed by atoms with E-state index in [-0.39, 0.29) is 17.9 Å². The van der Waals surface area contributed by atoms with Crippen molar-refractivity contribution in [1.29, 1.82) is 0 Å². The molecule has 0 bridgehead atoms. The first-order chi connectivity index (χ1) is 8.99. The zero-order valence-electron chi connectivity index (χ0n) is 11.4. The second-order valence-corrected chi connectivity index (χ2v) is 7.40. The second-order valence-electron chi connectivity index (χ2n) is 5.14. The van der Waals surface area contributed by atoms with Gasteiger partial charge in [-0.2, -0.15) is 0 Å². The van der Waals surface area contributed by atoms with Gasteiger partial charge in [-0.15, -0.1) is 0 Å². The molecule has 1 aliphatic heterocycles. The maximum absolute atomic E-state index is 11.1. The van der Waals surface area contributed by atoms with E-state index in [0.717, 1.165) is 18.6 Å². The highest BCUT2D eigenvalue weighted by Gasteiger charge is 2.29. The number of fused-ring (bicyclic) bond motifs is 1. The zero-order chi connectivity index (χ0) is 13.9. The molecule has 0 aliphatic carbocycles. The monoisotopic (exact) mass is 283 g/mol. The normalized spacial score (nSPS) is 19.8. The van der Waals surface area contributed by atoms with Gasteiger partial charge in [-0.25, -0.2) is 8.42 Å². The fourth-order valence-corrected chi connectivity index (χ4v) is 3.21. The number of likely N-dealkylation sites (N-methyl/N-ethyl adjacent to an activating group) is 1. The van der Waals surface area contributed by atoms with Crippen LogP contribution in [0.5, 0.6) is 5.75 Å². The molecule has 0 spiro atoms. The summed E-state index contributed by atoms with van der Waals surface area (Å²) in [5, 5.41) is 3.25. The van der Waals surface area contributed by atoms with Gasteiger partial charge < -0.3 is 10.1 Å². The van der Waals surface area contributed by atoms with E-state index in [1.54, 1.807) is 0 Å². The number of ether oxygens (including phenoxy) is 1. The lowest BCUT2D eigenvalue weighted by Crippen LogP contribution is -2.40. The fraction of sp³-hybridized carbons (Fsp3) is 0.571. The Morgan fingerprint density at radius 3 is 2.79 bits per heavy atom. The number of sulfone groups is 1. The molecule has 1 N–H and O–H groups in total. The van der Waals surface area contributed by atoms with E-state index >= 15 is 0 Å². The van der Waals surface area contributed by atoms with E-state index < -0.39 is 9.84 Å². The van der Waals surface area contributed by atoms with E-state index in [1.807, 2.05) is 25.2 Å². The van der Waals surface area contributed by atoms with Gasteiger partial charge in [0.2, 0.25) is 0 Å². The van der Waals surface area contributed by atoms with Crippen molar-refractivity contribution in [3.63, 3.8) is 0 Å². The molecule has 0 aromatic heterocycles. The van der Waals surface area contributed by atoms with Gasteiger partial charge in [0.15, 0.2) is 0 Å². The number of hydrogen-bond acceptors (Lipinski definition) is 4. The van der Waals surface area contributed by atoms with Crippen molar-refractivity contribution in [2.75, 3.05) is 19.1 Å². The van der Waals surface area contributed by atoms with Gasteiger partial charge in [0.05, 0.1) is 0 Å². The maximum atomic E-state index is 11.1. The molecule has 0 radical (unpaired) electrons. The molecule has 1 aliphatic rings. The van der Waals surface area contributed by atoms with Crippen LogP contribution >= 0.6 is 0 Å². The Balaban J connectivity index is 1.90. The Morgan fingerprint density at radius 1 is 1.42 bits per heavy atom. The third-order valence-corrected chi connectivity index (χ3v) is 4.55. The van der Waals surface area contributed by atoms with Crippen molar-refractivity contribution in [2.24, 2.45) is 0 Å². The van der Waals surface area contributed by atoms with Crippen molar-refractivity contribution >= 4 is 9.84 Å². The van der Waals surface area contributed by atoms with Crippen molar-refractivity contribution in [2.45, 2.75) is 31.4 Å². The highest BCUT2D eigenvalue weighted by atomic mass is 32.2. The van der Waals surface area contributed by atoms with E-state index in [2.05, 4.69) is 11.4 Å². The molecule has 0 fully saturated rings. The summed E-state index contributed by atoms with van der Waals surface area (Å²) in [6.07, 6.45) is 3.74. The van der Waals surface area contributed by atoms with Gasteiger partial charge in [0.25, 0.3) is 0 Å². The summed E-state index contributed by atoms with van der Waals surface area (Å²) in [7, 11) is -0.973. The van der Waals surface area contributed by atoms with Gasteiger partial charge >= 0.3 is 0 Å². The van der Waals surface area contributed by atoms with Crippen LogP contribution in [-0.4, -0.2) is 39.6 Å². The molecule has 2 atom stereocenters. The van der Waals surface area contributed by atoms with E-state index in [1.165, 1.54) is 11.8 Å². The topological polar surface area (TPSA) is 55.4 Å². The number of hydrogen-bond donors (Lipinski definition) is 1. The minimum Gasteiger partial charge on any atom is -0.488 e. The van der Waals surface area contributed by atoms with Crippen LogP contribution in [0.15, 0.2) is 24.3 Å². The molecule has 0 saturated carbocycles. The van der Waals surface area contributed by atoms with Gasteiger partial charge in [0, 0.05) is 24.5 Å². The first-order valence-electron chi connectivity index (χ1n) is 6.59. The van der Waals surface area contributed by atoms with Crippen molar-refractivity contribution < 1.29 is 13.2 Å². The first-order valence-corrected chi connectivity index (χ1v) is 8.65. The highest BCUT2D eigenvalue weighted by molar-refractivity contribution is 7.90. The lowest BCUT2D eigenvalue weighted by molar-refractivity contribution is 0.176. The SMILES string of the molecule is CNC(CCCS(C)(=O)=O)C1Cc2ccccc2O1. The van der Waals surface area contributed by atoms with Crippen LogP contribution in [0.3, 0.4) is 0 Å². The molecule has 5 heteroatoms. The summed E-state index contributed by atoms with van der Waals surface area (Å²) in [5.41, 5.74) is 1.23. The Kier molecular flexibility index (Phi) is 4.47. The van der Waals surface area contributed by atoms with Crippen LogP contribution in [0.25, 0.3) is 0 Å². The predicted molar refractivity (Wildman–Crippen MR) is 76.4 cm³/mol. The summed E-state index contributed by atoms with van der Waals surface area (Å²) in [5.74, 6) is 1.20. The molecule has 4 nitrogen and oxygen atoms in total. The molecule has 1 aromatic rings. The number of benzene rings is 1. The summed E-state index contributed by atoms with van der Waals surface area (Å²) >= 11 is 0. The standard InChI is InChI=1S/C14H21NO3S/c1-15-12(7-5-9-19(2,16)17)14-10-11-6-3-4-8-13(11)18-14/h3-4,6,8,12,14-15H,5,7,9-10H2,1-2H3. The Bertz CT molecular complexity index is 502. The average Bonchev–Trinajstić information content (AvgIpc) is 2.76. The van der Waals surface area contributed by atoms with Crippen LogP contribution in [0.2, 0.25) is 0 Å². The fourth-order valence-electron chi connectivity index (χ4n) is 2.51. The average molecular weight is 283 g/mol. The van der Waals surface area contributed by atoms with Crippen LogP contribution in [0.4, 0.5) is 0 Å². The molecule has 1 heterocycles. The Hall–Kier alpha value is -1.07. The maximum Gasteiger partial charge on any atom is 0.147 e. The van der Waals surface area contributed by atoms with Crippen LogP contribution in [0.1, 0.15) is 18.4 Å². The van der Waals surface area contributed by atoms with E-state index in [4.69, 9.17) is 4.74 Å². The van der Waals surface area contributed by atoms with Gasteiger partial charge in [-0.1, -0.05) is 18.2 Å². The summed E-state index contributed by atoms with van der Waals surface area (Å²) in [6, 6.07) is 8.24. The molecule has 2 unspecified atom stereocenters. The predicted octanol–water partition coefficient (Wildman–Crippen LogP) is 1.40. The third kappa shape index (κ3) is 3.94. The first kappa shape index (κ1) is 14.3. The van der Waals surface area contributed by atoms with Crippen LogP contribution in [-0.2, 0) is 16.3 Å². The number of nitrogens with one attached hydrogen (secondary N) is 1. The largest absolute Gasteiger partial charge is 0.488 e. The number of para-hydroxylation sites is 1. The Morgan fingerprint density at radius 2 is 2.16 bits per heavy atom. The molecule has 2 rings (SSSR count). The smallest absolute Gasteiger partial charge is 0.147 e. The molecular weight excluding hydrogens is 262 g/mol. The quantitative estimate of drug-likeness (QED) is 0.857. The lowest BCUT2D eigenvalue weighted by Gasteiger charge is -2.22. The molecule has 19 heavy (non-hydrogen) atoms. The summed E-state index contributed by atoms with van der Waals surface area (Å²) < 4.78 is 28.2. The molecule has 1 aromatic carbocycles. The molecule has 106 valence electrons. The molecule has 0 amide bonds. The van der Waals surface area contributed by atoms with E-state index in [9.17, 15) is 8.42 Å². The van der Waals surface area contributed by atoms with Crippen LogP contribution in [0, 0.1) is 0 Å². The lowest BCUT2D eigenvalue weighted by atomic mass is 10.0.